The van der Waals surface area contributed by atoms with Gasteiger partial charge in [-0.15, -0.1) is 0 Å². The molecule has 33 heavy (non-hydrogen) atoms. The van der Waals surface area contributed by atoms with Crippen LogP contribution in [0.1, 0.15) is 104 Å². The summed E-state index contributed by atoms with van der Waals surface area (Å²) < 4.78 is 31.9. The molecule has 0 fully saturated rings. The molecule has 0 rings (SSSR count). The highest BCUT2D eigenvalue weighted by Gasteiger charge is 2.25. The molecule has 0 bridgehead atoms. The Morgan fingerprint density at radius 3 is 1.91 bits per heavy atom. The first kappa shape index (κ1) is 32.0. The fraction of sp³-hybridized carbons (Fsp3) is 0.913. The first-order valence-electron chi connectivity index (χ1n) is 12.5. The van der Waals surface area contributed by atoms with Gasteiger partial charge in [0.15, 0.2) is 6.10 Å². The van der Waals surface area contributed by atoms with Crippen molar-refractivity contribution in [2.45, 2.75) is 110 Å². The number of esters is 2. The summed E-state index contributed by atoms with van der Waals surface area (Å²) in [6.45, 7) is 3.47. The summed E-state index contributed by atoms with van der Waals surface area (Å²) in [7, 11) is -4.33. The van der Waals surface area contributed by atoms with Crippen LogP contribution in [0.15, 0.2) is 0 Å². The fourth-order valence-electron chi connectivity index (χ4n) is 3.10. The molecule has 1 unspecified atom stereocenters. The normalized spacial score (nSPS) is 13.9. The van der Waals surface area contributed by atoms with E-state index in [9.17, 15) is 19.0 Å². The van der Waals surface area contributed by atoms with Crippen molar-refractivity contribution in [2.75, 3.05) is 26.4 Å². The average molecular weight is 496 g/mol. The molecule has 3 N–H and O–H groups in total. The summed E-state index contributed by atoms with van der Waals surface area (Å²) in [5.74, 6) is -0.862. The number of ether oxygens (including phenoxy) is 2. The molecule has 0 saturated heterocycles. The van der Waals surface area contributed by atoms with Gasteiger partial charge in [-0.2, -0.15) is 0 Å². The Labute approximate surface area is 199 Å². The standard InChI is InChI=1S/C23H46NO8P/c1-3-5-7-8-9-10-11-12-14-16-23(26)32-21(19-29-22(25)15-13-6-4-2)20-31-33(27,28)30-18-17-24/h21H,3-20,24H2,1-2H3,(H,27,28)/t21-/m1/s1. The highest BCUT2D eigenvalue weighted by Crippen LogP contribution is 2.43. The van der Waals surface area contributed by atoms with Crippen molar-refractivity contribution in [1.29, 1.82) is 0 Å². The Morgan fingerprint density at radius 1 is 0.788 bits per heavy atom. The van der Waals surface area contributed by atoms with E-state index in [4.69, 9.17) is 19.7 Å². The maximum Gasteiger partial charge on any atom is 0.472 e. The molecular formula is C23H46NO8P. The van der Waals surface area contributed by atoms with Gasteiger partial charge in [0, 0.05) is 19.4 Å². The van der Waals surface area contributed by atoms with Gasteiger partial charge in [-0.1, -0.05) is 78.1 Å². The molecule has 0 aliphatic rings. The lowest BCUT2D eigenvalue weighted by Crippen LogP contribution is -2.29. The number of phosphoric acid groups is 1. The number of rotatable bonds is 23. The third kappa shape index (κ3) is 21.3. The van der Waals surface area contributed by atoms with Crippen molar-refractivity contribution in [3.63, 3.8) is 0 Å². The van der Waals surface area contributed by atoms with Gasteiger partial charge in [-0.05, 0) is 12.8 Å². The predicted molar refractivity (Wildman–Crippen MR) is 128 cm³/mol. The summed E-state index contributed by atoms with van der Waals surface area (Å²) in [5, 5.41) is 0. The minimum Gasteiger partial charge on any atom is -0.462 e. The van der Waals surface area contributed by atoms with E-state index < -0.39 is 32.5 Å². The van der Waals surface area contributed by atoms with Crippen molar-refractivity contribution < 1.29 is 37.6 Å². The molecule has 0 aliphatic carbocycles. The number of carbonyl (C=O) groups excluding carboxylic acids is 2. The van der Waals surface area contributed by atoms with Crippen LogP contribution in [-0.4, -0.2) is 49.3 Å². The third-order valence-corrected chi connectivity index (χ3v) is 5.98. The van der Waals surface area contributed by atoms with Gasteiger partial charge >= 0.3 is 19.8 Å². The SMILES string of the molecule is CCCCCCCCCCCC(=O)O[C@H](COC(=O)CCCCC)COP(=O)(O)OCCN. The lowest BCUT2D eigenvalue weighted by Gasteiger charge is -2.19. The second-order valence-corrected chi connectivity index (χ2v) is 9.67. The molecule has 0 amide bonds. The molecule has 0 aromatic carbocycles. The zero-order chi connectivity index (χ0) is 24.8. The first-order chi connectivity index (χ1) is 15.8. The fourth-order valence-corrected chi connectivity index (χ4v) is 3.87. The lowest BCUT2D eigenvalue weighted by molar-refractivity contribution is -0.161. The van der Waals surface area contributed by atoms with Crippen LogP contribution in [0, 0.1) is 0 Å². The van der Waals surface area contributed by atoms with Crippen LogP contribution >= 0.6 is 7.82 Å². The maximum atomic E-state index is 12.2. The number of carbonyl (C=O) groups is 2. The lowest BCUT2D eigenvalue weighted by atomic mass is 10.1. The number of hydrogen-bond acceptors (Lipinski definition) is 8. The van der Waals surface area contributed by atoms with Gasteiger partial charge in [0.1, 0.15) is 6.61 Å². The van der Waals surface area contributed by atoms with Crippen LogP contribution in [0.4, 0.5) is 0 Å². The minimum absolute atomic E-state index is 0.0560. The van der Waals surface area contributed by atoms with Crippen molar-refractivity contribution >= 4 is 19.8 Å². The number of phosphoric ester groups is 1. The molecule has 0 aromatic rings. The van der Waals surface area contributed by atoms with E-state index >= 15 is 0 Å². The molecule has 196 valence electrons. The van der Waals surface area contributed by atoms with E-state index in [-0.39, 0.29) is 32.6 Å². The van der Waals surface area contributed by atoms with E-state index in [2.05, 4.69) is 11.4 Å². The summed E-state index contributed by atoms with van der Waals surface area (Å²) in [4.78, 5) is 33.7. The summed E-state index contributed by atoms with van der Waals surface area (Å²) >= 11 is 0. The van der Waals surface area contributed by atoms with Gasteiger partial charge < -0.3 is 20.1 Å². The molecule has 2 atom stereocenters. The van der Waals surface area contributed by atoms with Gasteiger partial charge in [-0.3, -0.25) is 18.6 Å². The highest BCUT2D eigenvalue weighted by atomic mass is 31.2. The van der Waals surface area contributed by atoms with Crippen LogP contribution in [0.25, 0.3) is 0 Å². The van der Waals surface area contributed by atoms with E-state index in [0.717, 1.165) is 32.1 Å². The van der Waals surface area contributed by atoms with Crippen LogP contribution in [0.2, 0.25) is 0 Å². The van der Waals surface area contributed by atoms with Crippen LogP contribution in [0.5, 0.6) is 0 Å². The van der Waals surface area contributed by atoms with E-state index in [1.165, 1.54) is 32.1 Å². The molecule has 0 saturated carbocycles. The summed E-state index contributed by atoms with van der Waals surface area (Å²) in [6, 6.07) is 0. The number of unbranched alkanes of at least 4 members (excludes halogenated alkanes) is 10. The van der Waals surface area contributed by atoms with Crippen molar-refractivity contribution in [2.24, 2.45) is 5.73 Å². The van der Waals surface area contributed by atoms with Crippen LogP contribution in [0.3, 0.4) is 0 Å². The minimum atomic E-state index is -4.33. The molecule has 0 radical (unpaired) electrons. The van der Waals surface area contributed by atoms with Crippen LogP contribution < -0.4 is 5.73 Å². The van der Waals surface area contributed by atoms with Gasteiger partial charge in [0.25, 0.3) is 0 Å². The molecule has 0 heterocycles. The molecule has 0 spiro atoms. The Bertz CT molecular complexity index is 547. The topological polar surface area (TPSA) is 134 Å². The van der Waals surface area contributed by atoms with E-state index in [0.29, 0.717) is 12.8 Å². The molecular weight excluding hydrogens is 449 g/mol. The quantitative estimate of drug-likeness (QED) is 0.114. The average Bonchev–Trinajstić information content (AvgIpc) is 2.78. The van der Waals surface area contributed by atoms with E-state index in [1.54, 1.807) is 0 Å². The highest BCUT2D eigenvalue weighted by molar-refractivity contribution is 7.47. The summed E-state index contributed by atoms with van der Waals surface area (Å²) in [6.07, 6.45) is 12.3. The Hall–Kier alpha value is -0.990. The zero-order valence-electron chi connectivity index (χ0n) is 20.6. The third-order valence-electron chi connectivity index (χ3n) is 4.99. The van der Waals surface area contributed by atoms with Gasteiger partial charge in [0.2, 0.25) is 0 Å². The van der Waals surface area contributed by atoms with Crippen molar-refractivity contribution in [1.82, 2.24) is 0 Å². The van der Waals surface area contributed by atoms with Crippen LogP contribution in [-0.2, 0) is 32.7 Å². The molecule has 9 nitrogen and oxygen atoms in total. The number of nitrogens with two attached hydrogens (primary N) is 1. The maximum absolute atomic E-state index is 12.2. The molecule has 0 aliphatic heterocycles. The molecule has 10 heteroatoms. The monoisotopic (exact) mass is 495 g/mol. The predicted octanol–water partition coefficient (Wildman–Crippen LogP) is 5.03. The second-order valence-electron chi connectivity index (χ2n) is 8.22. The zero-order valence-corrected chi connectivity index (χ0v) is 21.5. The number of hydrogen-bond donors (Lipinski definition) is 2. The Morgan fingerprint density at radius 2 is 1.30 bits per heavy atom. The summed E-state index contributed by atoms with van der Waals surface area (Å²) in [5.41, 5.74) is 5.25. The van der Waals surface area contributed by atoms with Gasteiger partial charge in [0.05, 0.1) is 13.2 Å². The molecule has 0 aromatic heterocycles. The largest absolute Gasteiger partial charge is 0.472 e. The van der Waals surface area contributed by atoms with Crippen molar-refractivity contribution in [3.8, 4) is 0 Å². The smallest absolute Gasteiger partial charge is 0.462 e. The Balaban J connectivity index is 4.36. The van der Waals surface area contributed by atoms with Gasteiger partial charge in [-0.25, -0.2) is 4.57 Å². The Kier molecular flexibility index (Phi) is 20.9. The second kappa shape index (κ2) is 21.5. The van der Waals surface area contributed by atoms with Crippen molar-refractivity contribution in [3.05, 3.63) is 0 Å². The first-order valence-corrected chi connectivity index (χ1v) is 14.0. The van der Waals surface area contributed by atoms with E-state index in [1.807, 2.05) is 6.92 Å².